The van der Waals surface area contributed by atoms with Gasteiger partial charge in [-0.25, -0.2) is 9.37 Å². The van der Waals surface area contributed by atoms with Gasteiger partial charge in [0.2, 0.25) is 0 Å². The van der Waals surface area contributed by atoms with E-state index in [-0.39, 0.29) is 24.9 Å². The van der Waals surface area contributed by atoms with Crippen LogP contribution in [-0.4, -0.2) is 17.5 Å². The fraction of sp³-hybridized carbons (Fsp3) is 0.217. The van der Waals surface area contributed by atoms with E-state index in [0.717, 1.165) is 0 Å². The molecule has 4 nitrogen and oxygen atoms in total. The fourth-order valence-electron chi connectivity index (χ4n) is 2.80. The Morgan fingerprint density at radius 3 is 2.50 bits per heavy atom. The van der Waals surface area contributed by atoms with Crippen molar-refractivity contribution < 1.29 is 13.9 Å². The van der Waals surface area contributed by atoms with Crippen molar-refractivity contribution in [2.75, 3.05) is 11.5 Å². The molecule has 1 heterocycles. The molecule has 2 aromatic carbocycles. The molecular formula is C23H23FN2O2. The molecule has 1 aromatic heterocycles. The number of hydrogen-bond donors (Lipinski definition) is 0. The maximum Gasteiger partial charge on any atom is 0.266 e. The zero-order valence-electron chi connectivity index (χ0n) is 16.0. The van der Waals surface area contributed by atoms with Crippen molar-refractivity contribution in [2.24, 2.45) is 0 Å². The van der Waals surface area contributed by atoms with Gasteiger partial charge in [0.25, 0.3) is 5.91 Å². The lowest BCUT2D eigenvalue weighted by atomic mass is 10.0. The number of hydrogen-bond acceptors (Lipinski definition) is 3. The van der Waals surface area contributed by atoms with Crippen molar-refractivity contribution in [1.82, 2.24) is 4.98 Å². The Hall–Kier alpha value is -3.21. The molecule has 0 saturated heterocycles. The summed E-state index contributed by atoms with van der Waals surface area (Å²) in [5.41, 5.74) is 1.89. The standard InChI is InChI=1S/C23H23FN2O2/c1-17(2)19-9-11-21(12-10-19)28-16-23(27)26(22-8-3-4-13-25-22)15-18-6-5-7-20(24)14-18/h3-14,17H,15-16H2,1-2H3. The molecule has 3 aromatic rings. The summed E-state index contributed by atoms with van der Waals surface area (Å²) in [4.78, 5) is 18.6. The average molecular weight is 378 g/mol. The second-order valence-electron chi connectivity index (χ2n) is 6.81. The molecule has 0 aliphatic rings. The van der Waals surface area contributed by atoms with Gasteiger partial charge in [-0.15, -0.1) is 0 Å². The minimum Gasteiger partial charge on any atom is -0.484 e. The van der Waals surface area contributed by atoms with Crippen LogP contribution in [0.4, 0.5) is 10.2 Å². The molecule has 28 heavy (non-hydrogen) atoms. The largest absolute Gasteiger partial charge is 0.484 e. The number of carbonyl (C=O) groups is 1. The number of aromatic nitrogens is 1. The molecule has 1 amide bonds. The number of benzene rings is 2. The van der Waals surface area contributed by atoms with E-state index in [1.54, 1.807) is 36.5 Å². The molecule has 0 aliphatic heterocycles. The molecule has 0 N–H and O–H groups in total. The van der Waals surface area contributed by atoms with Crippen molar-refractivity contribution >= 4 is 11.7 Å². The predicted molar refractivity (Wildman–Crippen MR) is 108 cm³/mol. The zero-order chi connectivity index (χ0) is 19.9. The summed E-state index contributed by atoms with van der Waals surface area (Å²) in [5.74, 6) is 0.963. The highest BCUT2D eigenvalue weighted by Crippen LogP contribution is 2.20. The average Bonchev–Trinajstić information content (AvgIpc) is 2.71. The SMILES string of the molecule is CC(C)c1ccc(OCC(=O)N(Cc2cccc(F)c2)c2ccccn2)cc1. The van der Waals surface area contributed by atoms with E-state index in [0.29, 0.717) is 23.0 Å². The van der Waals surface area contributed by atoms with Crippen molar-refractivity contribution in [1.29, 1.82) is 0 Å². The van der Waals surface area contributed by atoms with Crippen LogP contribution in [0.3, 0.4) is 0 Å². The molecule has 0 aliphatic carbocycles. The molecule has 0 spiro atoms. The van der Waals surface area contributed by atoms with Gasteiger partial charge in [-0.3, -0.25) is 9.69 Å². The number of pyridine rings is 1. The third-order valence-electron chi connectivity index (χ3n) is 4.37. The molecule has 0 saturated carbocycles. The summed E-state index contributed by atoms with van der Waals surface area (Å²) in [6, 6.07) is 19.2. The lowest BCUT2D eigenvalue weighted by Gasteiger charge is -2.22. The first-order chi connectivity index (χ1) is 13.5. The van der Waals surface area contributed by atoms with Crippen LogP contribution in [0.1, 0.15) is 30.9 Å². The Labute approximate surface area is 164 Å². The van der Waals surface area contributed by atoms with Crippen LogP contribution in [0.5, 0.6) is 5.75 Å². The Morgan fingerprint density at radius 1 is 1.07 bits per heavy atom. The van der Waals surface area contributed by atoms with Crippen LogP contribution >= 0.6 is 0 Å². The van der Waals surface area contributed by atoms with Crippen molar-refractivity contribution in [3.05, 3.63) is 89.9 Å². The highest BCUT2D eigenvalue weighted by atomic mass is 19.1. The van der Waals surface area contributed by atoms with Crippen LogP contribution in [0.2, 0.25) is 0 Å². The van der Waals surface area contributed by atoms with Gasteiger partial charge < -0.3 is 4.74 Å². The van der Waals surface area contributed by atoms with Gasteiger partial charge in [-0.1, -0.05) is 44.2 Å². The Balaban J connectivity index is 1.73. The van der Waals surface area contributed by atoms with Gasteiger partial charge in [0.05, 0.1) is 6.54 Å². The number of rotatable bonds is 7. The van der Waals surface area contributed by atoms with Crippen LogP contribution in [0.15, 0.2) is 72.9 Å². The Bertz CT molecular complexity index is 911. The number of amides is 1. The van der Waals surface area contributed by atoms with Crippen LogP contribution < -0.4 is 9.64 Å². The van der Waals surface area contributed by atoms with E-state index in [9.17, 15) is 9.18 Å². The van der Waals surface area contributed by atoms with E-state index < -0.39 is 0 Å². The third kappa shape index (κ3) is 5.16. The van der Waals surface area contributed by atoms with E-state index >= 15 is 0 Å². The smallest absolute Gasteiger partial charge is 0.266 e. The van der Waals surface area contributed by atoms with E-state index in [1.165, 1.54) is 22.6 Å². The van der Waals surface area contributed by atoms with E-state index in [4.69, 9.17) is 4.74 Å². The molecule has 0 unspecified atom stereocenters. The van der Waals surface area contributed by atoms with Gasteiger partial charge in [0, 0.05) is 6.20 Å². The van der Waals surface area contributed by atoms with E-state index in [1.807, 2.05) is 24.3 Å². The predicted octanol–water partition coefficient (Wildman–Crippen LogP) is 4.96. The topological polar surface area (TPSA) is 42.4 Å². The lowest BCUT2D eigenvalue weighted by Crippen LogP contribution is -2.35. The first kappa shape index (κ1) is 19.5. The Morgan fingerprint density at radius 2 is 1.86 bits per heavy atom. The molecule has 5 heteroatoms. The summed E-state index contributed by atoms with van der Waals surface area (Å²) in [7, 11) is 0. The van der Waals surface area contributed by atoms with Crippen LogP contribution in [0, 0.1) is 5.82 Å². The minimum absolute atomic E-state index is 0.132. The number of halogens is 1. The second-order valence-corrected chi connectivity index (χ2v) is 6.81. The number of carbonyl (C=O) groups excluding carboxylic acids is 1. The summed E-state index contributed by atoms with van der Waals surface area (Å²) in [6.45, 7) is 4.32. The minimum atomic E-state index is -0.340. The third-order valence-corrected chi connectivity index (χ3v) is 4.37. The maximum atomic E-state index is 13.5. The monoisotopic (exact) mass is 378 g/mol. The summed E-state index contributed by atoms with van der Waals surface area (Å²) < 4.78 is 19.2. The molecule has 144 valence electrons. The quantitative estimate of drug-likeness (QED) is 0.584. The van der Waals surface area contributed by atoms with Gasteiger partial charge in [0.1, 0.15) is 17.4 Å². The van der Waals surface area contributed by atoms with E-state index in [2.05, 4.69) is 18.8 Å². The number of anilines is 1. The molecular weight excluding hydrogens is 355 g/mol. The van der Waals surface area contributed by atoms with Crippen molar-refractivity contribution in [3.8, 4) is 5.75 Å². The van der Waals surface area contributed by atoms with Gasteiger partial charge >= 0.3 is 0 Å². The highest BCUT2D eigenvalue weighted by molar-refractivity contribution is 5.93. The summed E-state index contributed by atoms with van der Waals surface area (Å²) >= 11 is 0. The van der Waals surface area contributed by atoms with Gasteiger partial charge in [-0.05, 0) is 53.4 Å². The molecule has 0 atom stereocenters. The normalized spacial score (nSPS) is 10.7. The molecule has 0 bridgehead atoms. The molecule has 0 radical (unpaired) electrons. The maximum absolute atomic E-state index is 13.5. The van der Waals surface area contributed by atoms with Gasteiger partial charge in [-0.2, -0.15) is 0 Å². The van der Waals surface area contributed by atoms with Crippen molar-refractivity contribution in [2.45, 2.75) is 26.3 Å². The fourth-order valence-corrected chi connectivity index (χ4v) is 2.80. The summed E-state index contributed by atoms with van der Waals surface area (Å²) in [5, 5.41) is 0. The zero-order valence-corrected chi connectivity index (χ0v) is 16.0. The first-order valence-electron chi connectivity index (χ1n) is 9.21. The highest BCUT2D eigenvalue weighted by Gasteiger charge is 2.18. The molecule has 3 rings (SSSR count). The number of ether oxygens (including phenoxy) is 1. The molecule has 0 fully saturated rings. The first-order valence-corrected chi connectivity index (χ1v) is 9.21. The van der Waals surface area contributed by atoms with Gasteiger partial charge in [0.15, 0.2) is 6.61 Å². The second kappa shape index (κ2) is 9.13. The number of nitrogens with zero attached hydrogens (tertiary/aromatic N) is 2. The summed E-state index contributed by atoms with van der Waals surface area (Å²) in [6.07, 6.45) is 1.62. The lowest BCUT2D eigenvalue weighted by molar-refractivity contribution is -0.120. The Kier molecular flexibility index (Phi) is 6.37. The van der Waals surface area contributed by atoms with Crippen LogP contribution in [-0.2, 0) is 11.3 Å². The van der Waals surface area contributed by atoms with Crippen LogP contribution in [0.25, 0.3) is 0 Å². The van der Waals surface area contributed by atoms with Crippen molar-refractivity contribution in [3.63, 3.8) is 0 Å².